The number of nitrogens with zero attached hydrogens (tertiary/aromatic N) is 5. The second-order valence-electron chi connectivity index (χ2n) is 12.3. The fourth-order valence-corrected chi connectivity index (χ4v) is 6.28. The van der Waals surface area contributed by atoms with Crippen molar-refractivity contribution >= 4 is 51.4 Å². The normalized spacial score (nSPS) is 13.9. The second-order valence-corrected chi connectivity index (χ2v) is 13.4. The Labute approximate surface area is 288 Å². The van der Waals surface area contributed by atoms with Crippen LogP contribution >= 0.6 is 11.3 Å². The highest BCUT2D eigenvalue weighted by Crippen LogP contribution is 2.27. The van der Waals surface area contributed by atoms with E-state index in [0.717, 1.165) is 30.9 Å². The van der Waals surface area contributed by atoms with Gasteiger partial charge in [-0.05, 0) is 43.0 Å². The Balaban J connectivity index is 1.23. The smallest absolute Gasteiger partial charge is 0.274 e. The fourth-order valence-electron chi connectivity index (χ4n) is 5.31. The first-order valence-electron chi connectivity index (χ1n) is 16.1. The number of halogens is 1. The molecule has 5 rings (SSSR count). The van der Waals surface area contributed by atoms with Gasteiger partial charge >= 0.3 is 0 Å². The fraction of sp³-hybridized carbons (Fsp3) is 0.382. The number of aliphatic imine (C=N–C) groups is 1. The van der Waals surface area contributed by atoms with Gasteiger partial charge in [-0.2, -0.15) is 0 Å². The van der Waals surface area contributed by atoms with E-state index in [9.17, 15) is 18.8 Å². The van der Waals surface area contributed by atoms with Gasteiger partial charge in [0.2, 0.25) is 0 Å². The van der Waals surface area contributed by atoms with Gasteiger partial charge < -0.3 is 30.2 Å². The quantitative estimate of drug-likeness (QED) is 0.121. The number of amides is 3. The van der Waals surface area contributed by atoms with Gasteiger partial charge in [0, 0.05) is 63.1 Å². The average Bonchev–Trinajstić information content (AvgIpc) is 3.76. The second kappa shape index (κ2) is 16.0. The number of morpholine rings is 1. The number of rotatable bonds is 13. The first-order chi connectivity index (χ1) is 23.5. The van der Waals surface area contributed by atoms with Gasteiger partial charge in [-0.25, -0.2) is 14.4 Å². The van der Waals surface area contributed by atoms with E-state index in [-0.39, 0.29) is 17.4 Å². The van der Waals surface area contributed by atoms with Crippen molar-refractivity contribution in [2.24, 2.45) is 30.7 Å². The van der Waals surface area contributed by atoms with E-state index in [2.05, 4.69) is 44.7 Å². The van der Waals surface area contributed by atoms with Gasteiger partial charge in [0.25, 0.3) is 17.7 Å². The number of benzene rings is 1. The zero-order valence-corrected chi connectivity index (χ0v) is 28.9. The third kappa shape index (κ3) is 9.40. The van der Waals surface area contributed by atoms with Crippen LogP contribution in [0.4, 0.5) is 20.9 Å². The number of hydrogen-bond acceptors (Lipinski definition) is 8. The van der Waals surface area contributed by atoms with E-state index < -0.39 is 17.6 Å². The molecule has 1 aliphatic rings. The van der Waals surface area contributed by atoms with Crippen LogP contribution in [0.5, 0.6) is 0 Å². The summed E-state index contributed by atoms with van der Waals surface area (Å²) in [5.74, 6) is -1.01. The number of hydrogen-bond donors (Lipinski definition) is 4. The lowest BCUT2D eigenvalue weighted by Gasteiger charge is -2.26. The Morgan fingerprint density at radius 1 is 1.02 bits per heavy atom. The van der Waals surface area contributed by atoms with Gasteiger partial charge in [0.15, 0.2) is 5.13 Å². The molecule has 260 valence electrons. The van der Waals surface area contributed by atoms with Crippen molar-refractivity contribution in [1.82, 2.24) is 24.3 Å². The summed E-state index contributed by atoms with van der Waals surface area (Å²) in [6.07, 6.45) is 4.80. The monoisotopic (exact) mass is 691 g/mol. The van der Waals surface area contributed by atoms with Crippen LogP contribution in [0.15, 0.2) is 53.8 Å². The summed E-state index contributed by atoms with van der Waals surface area (Å²) in [5, 5.41) is 8.95. The molecule has 0 unspecified atom stereocenters. The Bertz CT molecular complexity index is 1840. The predicted molar refractivity (Wildman–Crippen MR) is 188 cm³/mol. The number of carbonyl (C=O) groups excluding carboxylic acids is 3. The SMILES string of the molecule is CC(C)CCc1sc(NC(=O)c2cc(NC(=O)c3cc(N=C(N)c4cccc(F)c4)cn3C)cn2C)nc1C(=O)NCCN1CCOCC1. The maximum Gasteiger partial charge on any atom is 0.274 e. The minimum atomic E-state index is -0.435. The molecule has 1 fully saturated rings. The highest BCUT2D eigenvalue weighted by atomic mass is 32.1. The van der Waals surface area contributed by atoms with Crippen LogP contribution < -0.4 is 21.7 Å². The summed E-state index contributed by atoms with van der Waals surface area (Å²) >= 11 is 1.29. The Kier molecular flexibility index (Phi) is 11.6. The number of aryl methyl sites for hydroxylation is 3. The molecule has 4 aromatic rings. The molecule has 15 heteroatoms. The molecule has 13 nitrogen and oxygen atoms in total. The van der Waals surface area contributed by atoms with Crippen molar-refractivity contribution < 1.29 is 23.5 Å². The highest BCUT2D eigenvalue weighted by Gasteiger charge is 2.22. The van der Waals surface area contributed by atoms with Gasteiger partial charge in [-0.1, -0.05) is 26.0 Å². The average molecular weight is 692 g/mol. The van der Waals surface area contributed by atoms with Crippen molar-refractivity contribution in [2.75, 3.05) is 50.0 Å². The maximum absolute atomic E-state index is 13.6. The maximum atomic E-state index is 13.6. The number of thiazole rings is 1. The number of carbonyl (C=O) groups is 3. The van der Waals surface area contributed by atoms with Gasteiger partial charge in [0.05, 0.1) is 24.6 Å². The molecule has 0 atom stereocenters. The third-order valence-corrected chi connectivity index (χ3v) is 9.02. The van der Waals surface area contributed by atoms with Crippen molar-refractivity contribution in [3.63, 3.8) is 0 Å². The van der Waals surface area contributed by atoms with Crippen LogP contribution in [-0.2, 0) is 25.3 Å². The lowest BCUT2D eigenvalue weighted by molar-refractivity contribution is 0.0383. The number of anilines is 2. The first-order valence-corrected chi connectivity index (χ1v) is 16.9. The molecule has 0 saturated carbocycles. The summed E-state index contributed by atoms with van der Waals surface area (Å²) in [5.41, 5.74) is 8.21. The van der Waals surface area contributed by atoms with Crippen LogP contribution in [0.3, 0.4) is 0 Å². The summed E-state index contributed by atoms with van der Waals surface area (Å²) in [7, 11) is 3.39. The summed E-state index contributed by atoms with van der Waals surface area (Å²) in [4.78, 5) is 51.6. The van der Waals surface area contributed by atoms with E-state index >= 15 is 0 Å². The van der Waals surface area contributed by atoms with Crippen LogP contribution in [0, 0.1) is 11.7 Å². The molecule has 3 aromatic heterocycles. The molecule has 1 aliphatic heterocycles. The molecule has 0 bridgehead atoms. The highest BCUT2D eigenvalue weighted by molar-refractivity contribution is 7.16. The number of amidine groups is 1. The van der Waals surface area contributed by atoms with Crippen molar-refractivity contribution in [2.45, 2.75) is 26.7 Å². The molecule has 0 aliphatic carbocycles. The summed E-state index contributed by atoms with van der Waals surface area (Å²) < 4.78 is 22.2. The van der Waals surface area contributed by atoms with Gasteiger partial charge in [-0.3, -0.25) is 24.6 Å². The zero-order valence-electron chi connectivity index (χ0n) is 28.1. The first kappa shape index (κ1) is 35.4. The summed E-state index contributed by atoms with van der Waals surface area (Å²) in [6, 6.07) is 8.91. The van der Waals surface area contributed by atoms with E-state index in [1.54, 1.807) is 59.9 Å². The molecule has 49 heavy (non-hydrogen) atoms. The molecule has 1 aromatic carbocycles. The summed E-state index contributed by atoms with van der Waals surface area (Å²) in [6.45, 7) is 8.50. The Hall–Kier alpha value is -4.86. The Morgan fingerprint density at radius 2 is 1.73 bits per heavy atom. The minimum Gasteiger partial charge on any atom is -0.383 e. The number of ether oxygens (including phenoxy) is 1. The standard InChI is InChI=1S/C34H42FN9O4S/c1-21(2)8-9-28-29(33(47)37-10-11-44-12-14-48-15-13-44)40-34(49-28)41-32(46)27-18-25(20-43(27)4)39-31(45)26-17-24(19-42(26)3)38-30(36)22-6-5-7-23(35)16-22/h5-7,16-21H,8-15H2,1-4H3,(H2,36,38)(H,37,47)(H,39,45)(H,40,41,46). The molecule has 3 amide bonds. The number of aromatic nitrogens is 3. The lowest BCUT2D eigenvalue weighted by Crippen LogP contribution is -2.41. The zero-order chi connectivity index (χ0) is 35.1. The van der Waals surface area contributed by atoms with E-state index in [0.29, 0.717) is 65.6 Å². The predicted octanol–water partition coefficient (Wildman–Crippen LogP) is 4.15. The lowest BCUT2D eigenvalue weighted by atomic mass is 10.1. The molecule has 4 heterocycles. The van der Waals surface area contributed by atoms with Crippen LogP contribution in [-0.4, -0.2) is 82.0 Å². The van der Waals surface area contributed by atoms with Crippen LogP contribution in [0.2, 0.25) is 0 Å². The Morgan fingerprint density at radius 3 is 2.47 bits per heavy atom. The van der Waals surface area contributed by atoms with E-state index in [1.807, 2.05) is 0 Å². The number of nitrogens with one attached hydrogen (secondary N) is 3. The minimum absolute atomic E-state index is 0.111. The molecular weight excluding hydrogens is 649 g/mol. The topological polar surface area (TPSA) is 161 Å². The van der Waals surface area contributed by atoms with Crippen LogP contribution in [0.1, 0.15) is 62.2 Å². The molecule has 0 spiro atoms. The molecular formula is C34H42FN9O4S. The van der Waals surface area contributed by atoms with Crippen LogP contribution in [0.25, 0.3) is 0 Å². The third-order valence-electron chi connectivity index (χ3n) is 7.99. The van der Waals surface area contributed by atoms with Crippen molar-refractivity contribution in [3.05, 3.63) is 82.1 Å². The molecule has 0 radical (unpaired) electrons. The van der Waals surface area contributed by atoms with E-state index in [1.165, 1.54) is 23.5 Å². The largest absolute Gasteiger partial charge is 0.383 e. The molecule has 1 saturated heterocycles. The van der Waals surface area contributed by atoms with Gasteiger partial charge in [-0.15, -0.1) is 11.3 Å². The van der Waals surface area contributed by atoms with Gasteiger partial charge in [0.1, 0.15) is 28.7 Å². The van der Waals surface area contributed by atoms with E-state index in [4.69, 9.17) is 10.5 Å². The molecule has 5 N–H and O–H groups in total. The number of nitrogens with two attached hydrogens (primary N) is 1. The van der Waals surface area contributed by atoms with Crippen molar-refractivity contribution in [3.8, 4) is 0 Å². The van der Waals surface area contributed by atoms with Crippen molar-refractivity contribution in [1.29, 1.82) is 0 Å².